The number of rotatable bonds is 10. The molecule has 9 nitrogen and oxygen atoms in total. The average molecular weight is 586 g/mol. The molecular formula is C25H21F7N6O3. The lowest BCUT2D eigenvalue weighted by Gasteiger charge is -2.22. The Bertz CT molecular complexity index is 1670. The second-order valence-electron chi connectivity index (χ2n) is 8.86. The first kappa shape index (κ1) is 29.5. The van der Waals surface area contributed by atoms with Crippen molar-refractivity contribution in [3.05, 3.63) is 80.6 Å². The van der Waals surface area contributed by atoms with E-state index in [0.717, 1.165) is 12.1 Å². The van der Waals surface area contributed by atoms with E-state index in [9.17, 15) is 40.3 Å². The number of fused-ring (bicyclic) bond motifs is 1. The normalized spacial score (nSPS) is 12.7. The second-order valence-corrected chi connectivity index (χ2v) is 8.86. The molecule has 0 saturated heterocycles. The van der Waals surface area contributed by atoms with Gasteiger partial charge < -0.3 is 20.4 Å². The summed E-state index contributed by atoms with van der Waals surface area (Å²) in [5.74, 6) is -2.01. The number of aromatic nitrogens is 4. The van der Waals surface area contributed by atoms with Gasteiger partial charge in [-0.15, -0.1) is 0 Å². The van der Waals surface area contributed by atoms with E-state index in [2.05, 4.69) is 20.1 Å². The van der Waals surface area contributed by atoms with E-state index < -0.39 is 65.3 Å². The summed E-state index contributed by atoms with van der Waals surface area (Å²) in [6.45, 7) is -3.94. The highest BCUT2D eigenvalue weighted by atomic mass is 19.4. The van der Waals surface area contributed by atoms with Gasteiger partial charge in [0.15, 0.2) is 11.6 Å². The molecule has 218 valence electrons. The number of nitrogens with two attached hydrogens (primary N) is 1. The molecule has 16 heteroatoms. The molecule has 0 aliphatic rings. The number of benzene rings is 1. The van der Waals surface area contributed by atoms with E-state index in [1.165, 1.54) is 29.0 Å². The molecule has 0 saturated carbocycles. The van der Waals surface area contributed by atoms with Gasteiger partial charge >= 0.3 is 12.8 Å². The van der Waals surface area contributed by atoms with Gasteiger partial charge in [0.25, 0.3) is 11.1 Å². The number of aryl methyl sites for hydroxylation is 1. The van der Waals surface area contributed by atoms with Crippen molar-refractivity contribution < 1.29 is 35.5 Å². The summed E-state index contributed by atoms with van der Waals surface area (Å²) in [6.07, 6.45) is -2.93. The van der Waals surface area contributed by atoms with Crippen molar-refractivity contribution >= 4 is 22.3 Å². The number of halogens is 7. The molecule has 0 fully saturated rings. The van der Waals surface area contributed by atoms with E-state index in [1.807, 2.05) is 0 Å². The van der Waals surface area contributed by atoms with Crippen LogP contribution in [0, 0.1) is 11.6 Å². The zero-order chi connectivity index (χ0) is 29.9. The summed E-state index contributed by atoms with van der Waals surface area (Å²) >= 11 is 0. The Hall–Kier alpha value is -4.47. The molecule has 0 radical (unpaired) electrons. The monoisotopic (exact) mass is 586 g/mol. The van der Waals surface area contributed by atoms with E-state index in [4.69, 9.17) is 5.73 Å². The highest BCUT2D eigenvalue weighted by molar-refractivity contribution is 5.86. The number of aromatic amines is 1. The Labute approximate surface area is 225 Å². The number of nitrogen functional groups attached to an aromatic ring is 1. The first-order valence-corrected chi connectivity index (χ1v) is 11.9. The SMILES string of the molecule is Nc1nc(-c2cc3ccn(CCCC(COC(F)F)Nc4cn[nH]c(=O)c4C(F)(F)F)c(=O)c3cc2F)ccc1F. The first-order valence-electron chi connectivity index (χ1n) is 11.9. The second kappa shape index (κ2) is 12.0. The minimum absolute atomic E-state index is 0.00365. The van der Waals surface area contributed by atoms with Crippen LogP contribution >= 0.6 is 0 Å². The first-order chi connectivity index (χ1) is 19.3. The van der Waals surface area contributed by atoms with Crippen molar-refractivity contribution in [1.82, 2.24) is 19.7 Å². The van der Waals surface area contributed by atoms with Crippen LogP contribution in [-0.2, 0) is 17.5 Å². The predicted molar refractivity (Wildman–Crippen MR) is 134 cm³/mol. The van der Waals surface area contributed by atoms with Crippen LogP contribution in [-0.4, -0.2) is 39.0 Å². The molecule has 3 heterocycles. The van der Waals surface area contributed by atoms with Gasteiger partial charge in [0.05, 0.1) is 29.6 Å². The number of hydrogen-bond donors (Lipinski definition) is 3. The number of nitrogens with one attached hydrogen (secondary N) is 2. The van der Waals surface area contributed by atoms with Gasteiger partial charge in [0.1, 0.15) is 11.4 Å². The molecular weight excluding hydrogens is 565 g/mol. The van der Waals surface area contributed by atoms with Gasteiger partial charge in [-0.2, -0.15) is 27.1 Å². The lowest BCUT2D eigenvalue weighted by atomic mass is 10.0. The number of nitrogens with zero attached hydrogens (tertiary/aromatic N) is 3. The summed E-state index contributed by atoms with van der Waals surface area (Å²) in [5.41, 5.74) is 1.09. The lowest BCUT2D eigenvalue weighted by molar-refractivity contribution is -0.138. The minimum Gasteiger partial charge on any atom is -0.381 e. The Morgan fingerprint density at radius 2 is 1.85 bits per heavy atom. The van der Waals surface area contributed by atoms with Crippen LogP contribution in [0.4, 0.5) is 42.2 Å². The van der Waals surface area contributed by atoms with Gasteiger partial charge in [0.2, 0.25) is 0 Å². The van der Waals surface area contributed by atoms with Crippen LogP contribution in [0.15, 0.2) is 52.3 Å². The number of alkyl halides is 5. The fourth-order valence-corrected chi connectivity index (χ4v) is 4.19. The molecule has 0 aliphatic carbocycles. The van der Waals surface area contributed by atoms with E-state index in [-0.39, 0.29) is 36.0 Å². The maximum atomic E-state index is 14.9. The van der Waals surface area contributed by atoms with Gasteiger partial charge in [-0.3, -0.25) is 9.59 Å². The summed E-state index contributed by atoms with van der Waals surface area (Å²) in [5, 5.41) is 7.73. The Morgan fingerprint density at radius 1 is 1.10 bits per heavy atom. The van der Waals surface area contributed by atoms with Crippen molar-refractivity contribution in [3.63, 3.8) is 0 Å². The molecule has 3 aromatic heterocycles. The highest BCUT2D eigenvalue weighted by Crippen LogP contribution is 2.32. The highest BCUT2D eigenvalue weighted by Gasteiger charge is 2.37. The third-order valence-electron chi connectivity index (χ3n) is 6.09. The number of hydrogen-bond acceptors (Lipinski definition) is 7. The maximum absolute atomic E-state index is 14.9. The van der Waals surface area contributed by atoms with Crippen LogP contribution in [0.25, 0.3) is 22.0 Å². The minimum atomic E-state index is -5.06. The molecule has 1 aromatic carbocycles. The molecule has 41 heavy (non-hydrogen) atoms. The molecule has 4 aromatic rings. The van der Waals surface area contributed by atoms with Gasteiger partial charge in [0, 0.05) is 24.3 Å². The van der Waals surface area contributed by atoms with Crippen molar-refractivity contribution in [2.45, 2.75) is 38.2 Å². The molecule has 0 spiro atoms. The van der Waals surface area contributed by atoms with E-state index in [1.54, 1.807) is 5.10 Å². The third-order valence-corrected chi connectivity index (χ3v) is 6.09. The summed E-state index contributed by atoms with van der Waals surface area (Å²) in [7, 11) is 0. The van der Waals surface area contributed by atoms with Crippen LogP contribution in [0.3, 0.4) is 0 Å². The fourth-order valence-electron chi connectivity index (χ4n) is 4.19. The number of H-pyrrole nitrogens is 1. The van der Waals surface area contributed by atoms with E-state index in [0.29, 0.717) is 11.6 Å². The van der Waals surface area contributed by atoms with Gasteiger partial charge in [-0.05, 0) is 48.6 Å². The van der Waals surface area contributed by atoms with E-state index >= 15 is 0 Å². The van der Waals surface area contributed by atoms with Crippen molar-refractivity contribution in [3.8, 4) is 11.3 Å². The summed E-state index contributed by atoms with van der Waals surface area (Å²) in [6, 6.07) is 5.00. The molecule has 0 aliphatic heterocycles. The van der Waals surface area contributed by atoms with Crippen LogP contribution in [0.5, 0.6) is 0 Å². The van der Waals surface area contributed by atoms with Crippen LogP contribution in [0.2, 0.25) is 0 Å². The van der Waals surface area contributed by atoms with Crippen molar-refractivity contribution in [2.24, 2.45) is 0 Å². The number of anilines is 2. The third kappa shape index (κ3) is 6.82. The molecule has 1 atom stereocenters. The quantitative estimate of drug-likeness (QED) is 0.233. The van der Waals surface area contributed by atoms with Crippen molar-refractivity contribution in [1.29, 1.82) is 0 Å². The fraction of sp³-hybridized carbons (Fsp3) is 0.280. The zero-order valence-corrected chi connectivity index (χ0v) is 20.8. The largest absolute Gasteiger partial charge is 0.423 e. The smallest absolute Gasteiger partial charge is 0.381 e. The molecule has 4 N–H and O–H groups in total. The lowest BCUT2D eigenvalue weighted by Crippen LogP contribution is -2.32. The summed E-state index contributed by atoms with van der Waals surface area (Å²) in [4.78, 5) is 28.5. The van der Waals surface area contributed by atoms with Crippen LogP contribution < -0.4 is 22.2 Å². The predicted octanol–water partition coefficient (Wildman–Crippen LogP) is 4.53. The van der Waals surface area contributed by atoms with Gasteiger partial charge in [-0.25, -0.2) is 18.9 Å². The topological polar surface area (TPSA) is 128 Å². The summed E-state index contributed by atoms with van der Waals surface area (Å²) < 4.78 is 99.3. The molecule has 0 bridgehead atoms. The van der Waals surface area contributed by atoms with Crippen molar-refractivity contribution in [2.75, 3.05) is 17.7 Å². The number of pyridine rings is 2. The molecule has 4 rings (SSSR count). The Kier molecular flexibility index (Phi) is 8.60. The number of ether oxygens (including phenoxy) is 1. The standard InChI is InChI=1S/C25H21F7N6O3/c26-16-3-4-18(36-21(16)33)15-8-12-5-7-38(23(40)14(12)9-17(15)27)6-1-2-13(11-41-24(28)29)35-19-10-34-37-22(39)20(19)25(30,31)32/h3-5,7-10,13,24H,1-2,6,11H2,(H2,33,36)(H2,35,37,39). The van der Waals surface area contributed by atoms with Gasteiger partial charge in [-0.1, -0.05) is 0 Å². The van der Waals surface area contributed by atoms with Crippen LogP contribution in [0.1, 0.15) is 18.4 Å². The Morgan fingerprint density at radius 3 is 2.54 bits per heavy atom. The Balaban J connectivity index is 1.53. The average Bonchev–Trinajstić information content (AvgIpc) is 2.89. The zero-order valence-electron chi connectivity index (χ0n) is 20.8. The molecule has 1 unspecified atom stereocenters. The molecule has 0 amide bonds. The maximum Gasteiger partial charge on any atom is 0.423 e.